The average Bonchev–Trinajstić information content (AvgIpc) is 1.88. The first kappa shape index (κ1) is 6.61. The third-order valence-electron chi connectivity index (χ3n) is 1.11. The molecule has 3 nitrogen and oxygen atoms in total. The third kappa shape index (κ3) is 1.25. The van der Waals surface area contributed by atoms with Crippen LogP contribution in [0.3, 0.4) is 0 Å². The van der Waals surface area contributed by atoms with E-state index in [4.69, 9.17) is 10.8 Å². The number of hydrogen-bond acceptors (Lipinski definition) is 3. The van der Waals surface area contributed by atoms with E-state index in [1.807, 2.05) is 0 Å². The first-order chi connectivity index (χ1) is 4.70. The van der Waals surface area contributed by atoms with Crippen molar-refractivity contribution in [3.63, 3.8) is 0 Å². The van der Waals surface area contributed by atoms with E-state index in [0.29, 0.717) is 11.4 Å². The molecule has 0 spiro atoms. The second-order valence-electron chi connectivity index (χ2n) is 1.92. The van der Waals surface area contributed by atoms with Crippen molar-refractivity contribution in [2.45, 2.75) is 0 Å². The fraction of sp³-hybridized carbons (Fsp3) is 0. The van der Waals surface area contributed by atoms with Gasteiger partial charge in [0.15, 0.2) is 0 Å². The second-order valence-corrected chi connectivity index (χ2v) is 1.92. The molecule has 1 aromatic heterocycles. The minimum absolute atomic E-state index is 0.00843. The van der Waals surface area contributed by atoms with Crippen molar-refractivity contribution in [1.29, 1.82) is 0 Å². The summed E-state index contributed by atoms with van der Waals surface area (Å²) >= 11 is 0. The van der Waals surface area contributed by atoms with E-state index in [9.17, 15) is 0 Å². The van der Waals surface area contributed by atoms with Gasteiger partial charge in [-0.15, -0.1) is 0 Å². The quantitative estimate of drug-likeness (QED) is 0.570. The fourth-order valence-corrected chi connectivity index (χ4v) is 0.628. The van der Waals surface area contributed by atoms with Gasteiger partial charge in [-0.2, -0.15) is 0 Å². The van der Waals surface area contributed by atoms with Crippen LogP contribution >= 0.6 is 0 Å². The number of pyridine rings is 1. The molecule has 0 saturated carbocycles. The number of nitrogens with two attached hydrogens (primary N) is 1. The Morgan fingerprint density at radius 1 is 1.70 bits per heavy atom. The predicted octanol–water partition coefficient (Wildman–Crippen LogP) is 1.19. The highest BCUT2D eigenvalue weighted by Crippen LogP contribution is 2.09. The lowest BCUT2D eigenvalue weighted by Crippen LogP contribution is -1.90. The number of nitrogens with zero attached hydrogens (tertiary/aromatic N) is 1. The number of rotatable bonds is 1. The maximum atomic E-state index is 8.87. The standard InChI is InChI=1S/C7H8N2O/c1-5(10)6-2-3-9-7(8)4-6/h2-4,10H,1H2,(H2,8,9). The molecule has 0 aliphatic rings. The normalized spacial score (nSPS) is 9.20. The van der Waals surface area contributed by atoms with Crippen molar-refractivity contribution in [2.24, 2.45) is 0 Å². The van der Waals surface area contributed by atoms with Crippen molar-refractivity contribution >= 4 is 11.6 Å². The molecule has 10 heavy (non-hydrogen) atoms. The molecule has 0 bridgehead atoms. The van der Waals surface area contributed by atoms with Gasteiger partial charge in [-0.1, -0.05) is 6.58 Å². The van der Waals surface area contributed by atoms with Crippen LogP contribution in [-0.4, -0.2) is 10.1 Å². The largest absolute Gasteiger partial charge is 0.508 e. The topological polar surface area (TPSA) is 59.1 Å². The lowest BCUT2D eigenvalue weighted by Gasteiger charge is -1.96. The maximum absolute atomic E-state index is 8.87. The molecule has 3 N–H and O–H groups in total. The summed E-state index contributed by atoms with van der Waals surface area (Å²) in [6, 6.07) is 3.20. The van der Waals surface area contributed by atoms with Gasteiger partial charge in [0.2, 0.25) is 0 Å². The van der Waals surface area contributed by atoms with E-state index < -0.39 is 0 Å². The molecule has 1 heterocycles. The molecular weight excluding hydrogens is 128 g/mol. The molecule has 52 valence electrons. The summed E-state index contributed by atoms with van der Waals surface area (Å²) in [5.41, 5.74) is 5.94. The van der Waals surface area contributed by atoms with E-state index in [1.165, 1.54) is 6.20 Å². The molecule has 0 aromatic carbocycles. The number of nitrogen functional groups attached to an aromatic ring is 1. The van der Waals surface area contributed by atoms with Crippen molar-refractivity contribution < 1.29 is 5.11 Å². The molecule has 3 heteroatoms. The lowest BCUT2D eigenvalue weighted by atomic mass is 10.2. The van der Waals surface area contributed by atoms with E-state index in [-0.39, 0.29) is 5.76 Å². The van der Waals surface area contributed by atoms with E-state index >= 15 is 0 Å². The summed E-state index contributed by atoms with van der Waals surface area (Å²) in [6.45, 7) is 3.34. The highest BCUT2D eigenvalue weighted by Gasteiger charge is 1.94. The van der Waals surface area contributed by atoms with Crippen LogP contribution in [0.25, 0.3) is 5.76 Å². The zero-order valence-electron chi connectivity index (χ0n) is 5.41. The molecule has 0 amide bonds. The van der Waals surface area contributed by atoms with Crippen LogP contribution in [0.15, 0.2) is 24.9 Å². The lowest BCUT2D eigenvalue weighted by molar-refractivity contribution is 0.514. The van der Waals surface area contributed by atoms with Crippen LogP contribution in [0.5, 0.6) is 0 Å². The van der Waals surface area contributed by atoms with Crippen LogP contribution in [0.4, 0.5) is 5.82 Å². The Morgan fingerprint density at radius 3 is 2.80 bits per heavy atom. The summed E-state index contributed by atoms with van der Waals surface area (Å²) in [4.78, 5) is 3.75. The number of aromatic nitrogens is 1. The second kappa shape index (κ2) is 2.39. The Kier molecular flexibility index (Phi) is 1.58. The summed E-state index contributed by atoms with van der Waals surface area (Å²) < 4.78 is 0. The smallest absolute Gasteiger partial charge is 0.124 e. The summed E-state index contributed by atoms with van der Waals surface area (Å²) in [5.74, 6) is 0.391. The van der Waals surface area contributed by atoms with Gasteiger partial charge in [0.25, 0.3) is 0 Å². The van der Waals surface area contributed by atoms with Gasteiger partial charge in [0, 0.05) is 11.8 Å². The molecule has 0 aliphatic heterocycles. The monoisotopic (exact) mass is 136 g/mol. The van der Waals surface area contributed by atoms with Crippen LogP contribution in [0.2, 0.25) is 0 Å². The molecule has 0 unspecified atom stereocenters. The number of aliphatic hydroxyl groups is 1. The highest BCUT2D eigenvalue weighted by molar-refractivity contribution is 5.58. The maximum Gasteiger partial charge on any atom is 0.124 e. The Morgan fingerprint density at radius 2 is 2.40 bits per heavy atom. The Bertz CT molecular complexity index is 258. The predicted molar refractivity (Wildman–Crippen MR) is 40.3 cm³/mol. The Labute approximate surface area is 58.8 Å². The van der Waals surface area contributed by atoms with Crippen LogP contribution in [0, 0.1) is 0 Å². The van der Waals surface area contributed by atoms with Gasteiger partial charge in [0.1, 0.15) is 11.6 Å². The number of aliphatic hydroxyl groups excluding tert-OH is 1. The van der Waals surface area contributed by atoms with Crippen LogP contribution in [0.1, 0.15) is 5.56 Å². The molecule has 1 aromatic rings. The van der Waals surface area contributed by atoms with Gasteiger partial charge >= 0.3 is 0 Å². The fourth-order valence-electron chi connectivity index (χ4n) is 0.628. The van der Waals surface area contributed by atoms with Gasteiger partial charge in [0.05, 0.1) is 0 Å². The zero-order chi connectivity index (χ0) is 7.56. The van der Waals surface area contributed by atoms with Crippen molar-refractivity contribution in [3.05, 3.63) is 30.5 Å². The SMILES string of the molecule is C=C(O)c1ccnc(N)c1. The Balaban J connectivity index is 3.07. The average molecular weight is 136 g/mol. The molecule has 0 fully saturated rings. The summed E-state index contributed by atoms with van der Waals surface area (Å²) in [5, 5.41) is 8.87. The van der Waals surface area contributed by atoms with Crippen molar-refractivity contribution in [2.75, 3.05) is 5.73 Å². The van der Waals surface area contributed by atoms with Crippen molar-refractivity contribution in [3.8, 4) is 0 Å². The van der Waals surface area contributed by atoms with Crippen LogP contribution in [-0.2, 0) is 0 Å². The highest BCUT2D eigenvalue weighted by atomic mass is 16.3. The van der Waals surface area contributed by atoms with Crippen LogP contribution < -0.4 is 5.73 Å². The first-order valence-corrected chi connectivity index (χ1v) is 2.80. The minimum Gasteiger partial charge on any atom is -0.508 e. The van der Waals surface area contributed by atoms with Gasteiger partial charge < -0.3 is 10.8 Å². The molecule has 0 saturated heterocycles. The number of anilines is 1. The first-order valence-electron chi connectivity index (χ1n) is 2.80. The van der Waals surface area contributed by atoms with Gasteiger partial charge in [-0.3, -0.25) is 0 Å². The third-order valence-corrected chi connectivity index (χ3v) is 1.11. The molecule has 1 rings (SSSR count). The summed E-state index contributed by atoms with van der Waals surface area (Å²) in [6.07, 6.45) is 1.52. The number of hydrogen-bond donors (Lipinski definition) is 2. The Hall–Kier alpha value is -1.51. The van der Waals surface area contributed by atoms with E-state index in [2.05, 4.69) is 11.6 Å². The minimum atomic E-state index is 0.00843. The summed E-state index contributed by atoms with van der Waals surface area (Å²) in [7, 11) is 0. The van der Waals surface area contributed by atoms with Crippen molar-refractivity contribution in [1.82, 2.24) is 4.98 Å². The van der Waals surface area contributed by atoms with Gasteiger partial charge in [-0.25, -0.2) is 4.98 Å². The van der Waals surface area contributed by atoms with Gasteiger partial charge in [-0.05, 0) is 12.1 Å². The van der Waals surface area contributed by atoms with E-state index in [0.717, 1.165) is 0 Å². The molecule has 0 atom stereocenters. The molecular formula is C7H8N2O. The van der Waals surface area contributed by atoms with E-state index in [1.54, 1.807) is 12.1 Å². The molecule has 0 aliphatic carbocycles. The molecule has 0 radical (unpaired) electrons. The zero-order valence-corrected chi connectivity index (χ0v) is 5.41.